The van der Waals surface area contributed by atoms with Crippen molar-refractivity contribution in [3.8, 4) is 0 Å². The topological polar surface area (TPSA) is 40.6 Å². The molecule has 0 aliphatic carbocycles. The number of piperazine rings is 1. The summed E-state index contributed by atoms with van der Waals surface area (Å²) in [6, 6.07) is -0.962. The van der Waals surface area contributed by atoms with Crippen molar-refractivity contribution >= 4 is 46.6 Å². The van der Waals surface area contributed by atoms with E-state index in [-0.39, 0.29) is 29.0 Å². The average Bonchev–Trinajstić information content (AvgIpc) is 2.45. The third kappa shape index (κ3) is 4.42. The van der Waals surface area contributed by atoms with Gasteiger partial charge in [-0.3, -0.25) is 9.59 Å². The second-order valence-corrected chi connectivity index (χ2v) is 8.22. The standard InChI is InChI=1S/C15H25Cl3N2O2/c1-8(10(3)16)6-11-14(21)20(5)12(15(22)19(11)4)7-9(2)13(17)18/h8-13H,6-7H2,1-5H3. The van der Waals surface area contributed by atoms with Crippen LogP contribution >= 0.6 is 34.8 Å². The number of carbonyl (C=O) groups excluding carboxylic acids is 2. The maximum absolute atomic E-state index is 12.6. The quantitative estimate of drug-likeness (QED) is 0.673. The monoisotopic (exact) mass is 370 g/mol. The fraction of sp³-hybridized carbons (Fsp3) is 0.867. The molecule has 7 heteroatoms. The van der Waals surface area contributed by atoms with Crippen LogP contribution in [-0.2, 0) is 9.59 Å². The molecule has 1 aliphatic rings. The van der Waals surface area contributed by atoms with Crippen LogP contribution in [0.1, 0.15) is 33.6 Å². The molecule has 5 unspecified atom stereocenters. The van der Waals surface area contributed by atoms with Gasteiger partial charge in [-0.15, -0.1) is 34.8 Å². The van der Waals surface area contributed by atoms with Crippen LogP contribution in [0.5, 0.6) is 0 Å². The van der Waals surface area contributed by atoms with Crippen molar-refractivity contribution in [3.05, 3.63) is 0 Å². The summed E-state index contributed by atoms with van der Waals surface area (Å²) in [6.45, 7) is 5.76. The molecule has 4 nitrogen and oxygen atoms in total. The molecular weight excluding hydrogens is 347 g/mol. The van der Waals surface area contributed by atoms with Crippen molar-refractivity contribution in [2.45, 2.75) is 55.9 Å². The van der Waals surface area contributed by atoms with E-state index in [4.69, 9.17) is 34.8 Å². The Balaban J connectivity index is 2.88. The predicted molar refractivity (Wildman–Crippen MR) is 91.5 cm³/mol. The summed E-state index contributed by atoms with van der Waals surface area (Å²) in [5.74, 6) is -0.0457. The van der Waals surface area contributed by atoms with Gasteiger partial charge in [0.05, 0.1) is 0 Å². The maximum Gasteiger partial charge on any atom is 0.245 e. The van der Waals surface area contributed by atoms with E-state index in [0.29, 0.717) is 12.8 Å². The SMILES string of the molecule is CC(Cl)C(C)CC1C(=O)N(C)C(CC(C)C(Cl)Cl)C(=O)N1C. The molecule has 0 radical (unpaired) electrons. The predicted octanol–water partition coefficient (Wildman–Crippen LogP) is 3.14. The minimum Gasteiger partial charge on any atom is -0.332 e. The molecule has 0 aromatic heterocycles. The Morgan fingerprint density at radius 1 is 0.864 bits per heavy atom. The lowest BCUT2D eigenvalue weighted by Gasteiger charge is -2.43. The Morgan fingerprint density at radius 3 is 1.55 bits per heavy atom. The number of hydrogen-bond donors (Lipinski definition) is 0. The van der Waals surface area contributed by atoms with Gasteiger partial charge in [-0.05, 0) is 31.6 Å². The van der Waals surface area contributed by atoms with Gasteiger partial charge in [0.15, 0.2) is 0 Å². The molecule has 22 heavy (non-hydrogen) atoms. The molecule has 2 amide bonds. The van der Waals surface area contributed by atoms with Gasteiger partial charge in [-0.1, -0.05) is 13.8 Å². The first kappa shape index (κ1) is 19.9. The number of likely N-dealkylation sites (N-methyl/N-ethyl adjacent to an activating group) is 2. The van der Waals surface area contributed by atoms with Gasteiger partial charge in [-0.2, -0.15) is 0 Å². The molecule has 5 atom stereocenters. The van der Waals surface area contributed by atoms with E-state index in [1.807, 2.05) is 20.8 Å². The molecule has 0 aromatic carbocycles. The highest BCUT2D eigenvalue weighted by atomic mass is 35.5. The number of nitrogens with zero attached hydrogens (tertiary/aromatic N) is 2. The highest BCUT2D eigenvalue weighted by Gasteiger charge is 2.43. The van der Waals surface area contributed by atoms with Crippen LogP contribution in [0, 0.1) is 11.8 Å². The number of amides is 2. The average molecular weight is 372 g/mol. The Kier molecular flexibility index (Phi) is 7.28. The zero-order chi connectivity index (χ0) is 17.2. The molecule has 0 spiro atoms. The molecule has 0 aromatic rings. The van der Waals surface area contributed by atoms with Crippen molar-refractivity contribution in [2.24, 2.45) is 11.8 Å². The minimum absolute atomic E-state index is 0.0485. The van der Waals surface area contributed by atoms with Crippen molar-refractivity contribution < 1.29 is 9.59 Å². The molecule has 1 heterocycles. The fourth-order valence-corrected chi connectivity index (χ4v) is 2.93. The summed E-state index contributed by atoms with van der Waals surface area (Å²) in [4.78, 5) is 27.8. The first-order chi connectivity index (χ1) is 10.1. The summed E-state index contributed by atoms with van der Waals surface area (Å²) in [6.07, 6.45) is 1.02. The maximum atomic E-state index is 12.6. The third-order valence-corrected chi connectivity index (χ3v) is 5.90. The van der Waals surface area contributed by atoms with E-state index in [0.717, 1.165) is 0 Å². The third-order valence-electron chi connectivity index (χ3n) is 4.60. The van der Waals surface area contributed by atoms with Crippen LogP contribution in [0.2, 0.25) is 0 Å². The summed E-state index contributed by atoms with van der Waals surface area (Å²) in [5, 5.41) is -0.0485. The molecule has 1 aliphatic heterocycles. The lowest BCUT2D eigenvalue weighted by molar-refractivity contribution is -0.159. The van der Waals surface area contributed by atoms with Crippen LogP contribution in [-0.4, -0.2) is 58.0 Å². The van der Waals surface area contributed by atoms with Crippen LogP contribution < -0.4 is 0 Å². The van der Waals surface area contributed by atoms with Gasteiger partial charge in [0, 0.05) is 19.5 Å². The van der Waals surface area contributed by atoms with Crippen LogP contribution in [0.3, 0.4) is 0 Å². The molecule has 0 N–H and O–H groups in total. The Morgan fingerprint density at radius 2 is 1.23 bits per heavy atom. The Hall–Kier alpha value is -0.190. The van der Waals surface area contributed by atoms with Crippen molar-refractivity contribution in [1.82, 2.24) is 9.80 Å². The van der Waals surface area contributed by atoms with E-state index in [9.17, 15) is 9.59 Å². The minimum atomic E-state index is -0.559. The first-order valence-electron chi connectivity index (χ1n) is 7.53. The molecule has 1 rings (SSSR count). The fourth-order valence-electron chi connectivity index (χ4n) is 2.62. The lowest BCUT2D eigenvalue weighted by atomic mass is 9.92. The molecule has 1 saturated heterocycles. The number of rotatable bonds is 6. The molecular formula is C15H25Cl3N2O2. The van der Waals surface area contributed by atoms with E-state index in [1.165, 1.54) is 4.90 Å². The van der Waals surface area contributed by atoms with Crippen molar-refractivity contribution in [3.63, 3.8) is 0 Å². The highest BCUT2D eigenvalue weighted by Crippen LogP contribution is 2.28. The first-order valence-corrected chi connectivity index (χ1v) is 8.84. The molecule has 0 bridgehead atoms. The number of alkyl halides is 3. The van der Waals surface area contributed by atoms with Gasteiger partial charge in [0.2, 0.25) is 11.8 Å². The van der Waals surface area contributed by atoms with E-state index >= 15 is 0 Å². The zero-order valence-corrected chi connectivity index (χ0v) is 16.0. The number of halogens is 3. The summed E-state index contributed by atoms with van der Waals surface area (Å²) >= 11 is 17.8. The second-order valence-electron chi connectivity index (χ2n) is 6.37. The Bertz CT molecular complexity index is 380. The summed E-state index contributed by atoms with van der Waals surface area (Å²) in [7, 11) is 3.35. The van der Waals surface area contributed by atoms with E-state index < -0.39 is 16.9 Å². The largest absolute Gasteiger partial charge is 0.332 e. The van der Waals surface area contributed by atoms with Crippen LogP contribution in [0.15, 0.2) is 0 Å². The highest BCUT2D eigenvalue weighted by molar-refractivity contribution is 6.44. The Labute approximate surface area is 148 Å². The van der Waals surface area contributed by atoms with Gasteiger partial charge >= 0.3 is 0 Å². The second kappa shape index (κ2) is 8.07. The molecule has 1 fully saturated rings. The van der Waals surface area contributed by atoms with Gasteiger partial charge in [-0.25, -0.2) is 0 Å². The normalized spacial score (nSPS) is 27.3. The lowest BCUT2D eigenvalue weighted by Crippen LogP contribution is -2.63. The van der Waals surface area contributed by atoms with Crippen molar-refractivity contribution in [2.75, 3.05) is 14.1 Å². The number of carbonyl (C=O) groups is 2. The smallest absolute Gasteiger partial charge is 0.245 e. The van der Waals surface area contributed by atoms with Gasteiger partial charge in [0.25, 0.3) is 0 Å². The van der Waals surface area contributed by atoms with Gasteiger partial charge < -0.3 is 9.80 Å². The van der Waals surface area contributed by atoms with Crippen molar-refractivity contribution in [1.29, 1.82) is 0 Å². The van der Waals surface area contributed by atoms with E-state index in [1.54, 1.807) is 19.0 Å². The number of hydrogen-bond acceptors (Lipinski definition) is 2. The molecule has 0 saturated carbocycles. The summed E-state index contributed by atoms with van der Waals surface area (Å²) < 4.78 is 0. The van der Waals surface area contributed by atoms with Gasteiger partial charge in [0.1, 0.15) is 16.9 Å². The van der Waals surface area contributed by atoms with Crippen LogP contribution in [0.4, 0.5) is 0 Å². The zero-order valence-electron chi connectivity index (χ0n) is 13.7. The van der Waals surface area contributed by atoms with E-state index in [2.05, 4.69) is 0 Å². The summed E-state index contributed by atoms with van der Waals surface area (Å²) in [5.41, 5.74) is 0. The van der Waals surface area contributed by atoms with Crippen LogP contribution in [0.25, 0.3) is 0 Å². The molecule has 128 valence electrons.